The molecule has 2 rings (SSSR count). The van der Waals surface area contributed by atoms with E-state index in [4.69, 9.17) is 0 Å². The predicted molar refractivity (Wildman–Crippen MR) is 112 cm³/mol. The topological polar surface area (TPSA) is 34.1 Å². The standard InChI is InChI=1S/C21H37N5/c1-5-19-8-10-20(11-9-19)18-25(4)21(22-2)23-12-6-14-26-15-7-13-24(3)16-17-26/h8-11H,5-7,12-18H2,1-4H3,(H,22,23). The van der Waals surface area contributed by atoms with Crippen LogP contribution in [-0.4, -0.2) is 81.1 Å². The second kappa shape index (κ2) is 11.2. The van der Waals surface area contributed by atoms with Crippen molar-refractivity contribution in [2.75, 3.05) is 60.4 Å². The second-order valence-corrected chi connectivity index (χ2v) is 7.35. The monoisotopic (exact) mass is 359 g/mol. The van der Waals surface area contributed by atoms with Gasteiger partial charge < -0.3 is 20.0 Å². The molecule has 0 saturated carbocycles. The minimum Gasteiger partial charge on any atom is -0.356 e. The lowest BCUT2D eigenvalue weighted by molar-refractivity contribution is 0.273. The summed E-state index contributed by atoms with van der Waals surface area (Å²) >= 11 is 0. The second-order valence-electron chi connectivity index (χ2n) is 7.35. The predicted octanol–water partition coefficient (Wildman–Crippen LogP) is 2.28. The number of hydrogen-bond acceptors (Lipinski definition) is 3. The van der Waals surface area contributed by atoms with Gasteiger partial charge in [0.05, 0.1) is 0 Å². The number of aliphatic imine (C=N–C) groups is 1. The van der Waals surface area contributed by atoms with Crippen LogP contribution in [0.5, 0.6) is 0 Å². The first kappa shape index (κ1) is 20.7. The van der Waals surface area contributed by atoms with Crippen LogP contribution in [0.1, 0.15) is 30.9 Å². The van der Waals surface area contributed by atoms with E-state index in [1.165, 1.54) is 50.3 Å². The molecule has 1 saturated heterocycles. The van der Waals surface area contributed by atoms with E-state index in [-0.39, 0.29) is 0 Å². The van der Waals surface area contributed by atoms with Crippen LogP contribution in [0.3, 0.4) is 0 Å². The molecule has 146 valence electrons. The lowest BCUT2D eigenvalue weighted by atomic mass is 10.1. The Morgan fingerprint density at radius 2 is 1.85 bits per heavy atom. The van der Waals surface area contributed by atoms with Crippen molar-refractivity contribution in [2.24, 2.45) is 4.99 Å². The Balaban J connectivity index is 1.70. The van der Waals surface area contributed by atoms with Gasteiger partial charge in [0.2, 0.25) is 0 Å². The van der Waals surface area contributed by atoms with Crippen molar-refractivity contribution in [3.8, 4) is 0 Å². The summed E-state index contributed by atoms with van der Waals surface area (Å²) in [5.74, 6) is 0.972. The van der Waals surface area contributed by atoms with Gasteiger partial charge in [-0.05, 0) is 57.1 Å². The Bertz CT molecular complexity index is 540. The molecule has 0 amide bonds. The van der Waals surface area contributed by atoms with E-state index < -0.39 is 0 Å². The molecule has 1 N–H and O–H groups in total. The van der Waals surface area contributed by atoms with E-state index in [1.807, 2.05) is 7.05 Å². The zero-order valence-electron chi connectivity index (χ0n) is 17.2. The van der Waals surface area contributed by atoms with Gasteiger partial charge in [-0.1, -0.05) is 31.2 Å². The molecule has 0 atom stereocenters. The number of hydrogen-bond donors (Lipinski definition) is 1. The zero-order chi connectivity index (χ0) is 18.8. The van der Waals surface area contributed by atoms with Crippen molar-refractivity contribution in [2.45, 2.75) is 32.7 Å². The number of nitrogens with zero attached hydrogens (tertiary/aromatic N) is 4. The van der Waals surface area contributed by atoms with Gasteiger partial charge in [0.1, 0.15) is 0 Å². The summed E-state index contributed by atoms with van der Waals surface area (Å²) in [5, 5.41) is 3.51. The van der Waals surface area contributed by atoms with Gasteiger partial charge in [0, 0.05) is 40.3 Å². The van der Waals surface area contributed by atoms with Crippen molar-refractivity contribution in [3.63, 3.8) is 0 Å². The molecule has 0 aromatic heterocycles. The maximum atomic E-state index is 4.44. The fourth-order valence-corrected chi connectivity index (χ4v) is 3.44. The Morgan fingerprint density at radius 1 is 1.12 bits per heavy atom. The molecule has 0 radical (unpaired) electrons. The molecule has 0 spiro atoms. The first-order valence-electron chi connectivity index (χ1n) is 10.0. The van der Waals surface area contributed by atoms with Crippen molar-refractivity contribution in [1.82, 2.24) is 20.0 Å². The third kappa shape index (κ3) is 6.96. The Morgan fingerprint density at radius 3 is 2.54 bits per heavy atom. The molecule has 1 heterocycles. The van der Waals surface area contributed by atoms with Crippen molar-refractivity contribution in [1.29, 1.82) is 0 Å². The molecule has 1 fully saturated rings. The Labute approximate surface area is 160 Å². The fraction of sp³-hybridized carbons (Fsp3) is 0.667. The van der Waals surface area contributed by atoms with Crippen LogP contribution in [0.25, 0.3) is 0 Å². The van der Waals surface area contributed by atoms with Crippen LogP contribution in [-0.2, 0) is 13.0 Å². The summed E-state index contributed by atoms with van der Waals surface area (Å²) < 4.78 is 0. The number of guanidine groups is 1. The van der Waals surface area contributed by atoms with E-state index in [9.17, 15) is 0 Å². The van der Waals surface area contributed by atoms with Gasteiger partial charge in [0.25, 0.3) is 0 Å². The van der Waals surface area contributed by atoms with E-state index in [0.29, 0.717) is 0 Å². The molecular weight excluding hydrogens is 322 g/mol. The maximum Gasteiger partial charge on any atom is 0.193 e. The van der Waals surface area contributed by atoms with Crippen molar-refractivity contribution >= 4 is 5.96 Å². The number of benzene rings is 1. The third-order valence-corrected chi connectivity index (χ3v) is 5.17. The van der Waals surface area contributed by atoms with Crippen LogP contribution in [0.4, 0.5) is 0 Å². The quantitative estimate of drug-likeness (QED) is 0.460. The molecule has 26 heavy (non-hydrogen) atoms. The molecule has 0 bridgehead atoms. The fourth-order valence-electron chi connectivity index (χ4n) is 3.44. The highest BCUT2D eigenvalue weighted by molar-refractivity contribution is 5.79. The molecule has 0 unspecified atom stereocenters. The Hall–Kier alpha value is -1.59. The lowest BCUT2D eigenvalue weighted by Crippen LogP contribution is -2.40. The van der Waals surface area contributed by atoms with Crippen LogP contribution in [0.2, 0.25) is 0 Å². The average molecular weight is 360 g/mol. The maximum absolute atomic E-state index is 4.44. The smallest absolute Gasteiger partial charge is 0.193 e. The van der Waals surface area contributed by atoms with E-state index >= 15 is 0 Å². The van der Waals surface area contributed by atoms with E-state index in [1.54, 1.807) is 0 Å². The number of rotatable bonds is 7. The number of nitrogens with one attached hydrogen (secondary N) is 1. The number of aryl methyl sites for hydroxylation is 1. The molecule has 1 aliphatic heterocycles. The highest BCUT2D eigenvalue weighted by Gasteiger charge is 2.12. The van der Waals surface area contributed by atoms with Crippen molar-refractivity contribution < 1.29 is 0 Å². The van der Waals surface area contributed by atoms with E-state index in [0.717, 1.165) is 31.9 Å². The molecule has 0 aliphatic carbocycles. The van der Waals surface area contributed by atoms with Crippen LogP contribution >= 0.6 is 0 Å². The van der Waals surface area contributed by atoms with Gasteiger partial charge >= 0.3 is 0 Å². The highest BCUT2D eigenvalue weighted by atomic mass is 15.3. The number of likely N-dealkylation sites (N-methyl/N-ethyl adjacent to an activating group) is 1. The summed E-state index contributed by atoms with van der Waals surface area (Å²) in [6.45, 7) is 10.0. The SMILES string of the molecule is CCc1ccc(CN(C)C(=NC)NCCCN2CCCN(C)CC2)cc1. The summed E-state index contributed by atoms with van der Waals surface area (Å²) in [4.78, 5) is 11.7. The van der Waals surface area contributed by atoms with Crippen LogP contribution in [0, 0.1) is 0 Å². The van der Waals surface area contributed by atoms with Crippen LogP contribution in [0.15, 0.2) is 29.3 Å². The Kier molecular flexibility index (Phi) is 8.92. The molecule has 1 aromatic rings. The van der Waals surface area contributed by atoms with Gasteiger partial charge in [0.15, 0.2) is 5.96 Å². The molecule has 1 aliphatic rings. The lowest BCUT2D eigenvalue weighted by Gasteiger charge is -2.23. The van der Waals surface area contributed by atoms with Crippen LogP contribution < -0.4 is 5.32 Å². The zero-order valence-corrected chi connectivity index (χ0v) is 17.2. The molecule has 1 aromatic carbocycles. The first-order valence-corrected chi connectivity index (χ1v) is 10.0. The summed E-state index contributed by atoms with van der Waals surface area (Å²) in [5.41, 5.74) is 2.71. The summed E-state index contributed by atoms with van der Waals surface area (Å²) in [6.07, 6.45) is 3.53. The van der Waals surface area contributed by atoms with Crippen molar-refractivity contribution in [3.05, 3.63) is 35.4 Å². The van der Waals surface area contributed by atoms with E-state index in [2.05, 4.69) is 70.3 Å². The molecular formula is C21H37N5. The highest BCUT2D eigenvalue weighted by Crippen LogP contribution is 2.07. The summed E-state index contributed by atoms with van der Waals surface area (Å²) in [7, 11) is 6.19. The largest absolute Gasteiger partial charge is 0.356 e. The third-order valence-electron chi connectivity index (χ3n) is 5.17. The van der Waals surface area contributed by atoms with Gasteiger partial charge in [-0.3, -0.25) is 4.99 Å². The average Bonchev–Trinajstić information content (AvgIpc) is 2.86. The van der Waals surface area contributed by atoms with Gasteiger partial charge in [-0.25, -0.2) is 0 Å². The van der Waals surface area contributed by atoms with Gasteiger partial charge in [-0.2, -0.15) is 0 Å². The minimum absolute atomic E-state index is 0.877. The first-order chi connectivity index (χ1) is 12.6. The van der Waals surface area contributed by atoms with Gasteiger partial charge in [-0.15, -0.1) is 0 Å². The normalized spacial score (nSPS) is 17.2. The summed E-state index contributed by atoms with van der Waals surface area (Å²) in [6, 6.07) is 8.88. The molecule has 5 heteroatoms. The minimum atomic E-state index is 0.877. The molecule has 5 nitrogen and oxygen atoms in total.